The summed E-state index contributed by atoms with van der Waals surface area (Å²) in [5, 5.41) is 1.04. The number of hydrogen-bond donors (Lipinski definition) is 1. The molecule has 1 N–H and O–H groups in total. The average molecular weight is 356 g/mol. The van der Waals surface area contributed by atoms with Gasteiger partial charge in [-0.3, -0.25) is 9.59 Å². The van der Waals surface area contributed by atoms with Crippen molar-refractivity contribution in [3.8, 4) is 0 Å². The quantitative estimate of drug-likeness (QED) is 0.671. The SMILES string of the molecule is C[C@@H](c1nc2ccccc2s1)[NH+](C)CN1C(=O)[C@H]2CC=CC[C@H]2C1=O. The fourth-order valence-corrected chi connectivity index (χ4v) is 4.81. The highest BCUT2D eigenvalue weighted by molar-refractivity contribution is 7.18. The van der Waals surface area contributed by atoms with E-state index < -0.39 is 0 Å². The summed E-state index contributed by atoms with van der Waals surface area (Å²) in [6.07, 6.45) is 5.43. The Labute approximate surface area is 150 Å². The number of para-hydroxylation sites is 1. The standard InChI is InChI=1S/C19H21N3O2S/c1-12(17-20-15-9-5-6-10-16(15)25-17)21(2)11-22-18(23)13-7-3-4-8-14(13)19(22)24/h3-6,9-10,12-14H,7-8,11H2,1-2H3/p+1/t12-,13-,14+/m0/s1. The molecule has 0 bridgehead atoms. The molecule has 130 valence electrons. The van der Waals surface area contributed by atoms with Crippen molar-refractivity contribution in [2.75, 3.05) is 13.7 Å². The van der Waals surface area contributed by atoms with Gasteiger partial charge in [-0.25, -0.2) is 9.88 Å². The lowest BCUT2D eigenvalue weighted by Crippen LogP contribution is -3.10. The van der Waals surface area contributed by atoms with Gasteiger partial charge in [0.05, 0.1) is 29.1 Å². The van der Waals surface area contributed by atoms with Crippen LogP contribution >= 0.6 is 11.3 Å². The zero-order valence-corrected chi connectivity index (χ0v) is 15.3. The van der Waals surface area contributed by atoms with Gasteiger partial charge in [0.15, 0.2) is 11.7 Å². The van der Waals surface area contributed by atoms with Crippen molar-refractivity contribution in [1.29, 1.82) is 0 Å². The molecule has 6 heteroatoms. The Bertz CT molecular complexity index is 800. The maximum atomic E-state index is 12.6. The number of thiazole rings is 1. The van der Waals surface area contributed by atoms with Crippen LogP contribution in [0.4, 0.5) is 0 Å². The third-order valence-corrected chi connectivity index (χ3v) is 6.65. The number of amides is 2. The van der Waals surface area contributed by atoms with Gasteiger partial charge in [-0.15, -0.1) is 11.3 Å². The monoisotopic (exact) mass is 356 g/mol. The summed E-state index contributed by atoms with van der Waals surface area (Å²) in [4.78, 5) is 32.6. The molecule has 1 fully saturated rings. The maximum absolute atomic E-state index is 12.6. The van der Waals surface area contributed by atoms with Crippen LogP contribution in [-0.2, 0) is 9.59 Å². The molecule has 2 amide bonds. The molecule has 4 rings (SSSR count). The van der Waals surface area contributed by atoms with Crippen molar-refractivity contribution in [2.45, 2.75) is 25.8 Å². The number of quaternary nitrogens is 1. The first kappa shape index (κ1) is 16.4. The second-order valence-electron chi connectivity index (χ2n) is 7.01. The van der Waals surface area contributed by atoms with E-state index in [9.17, 15) is 9.59 Å². The minimum atomic E-state index is -0.150. The number of carbonyl (C=O) groups excluding carboxylic acids is 2. The van der Waals surface area contributed by atoms with Gasteiger partial charge in [-0.1, -0.05) is 24.3 Å². The number of carbonyl (C=O) groups is 2. The predicted molar refractivity (Wildman–Crippen MR) is 97.0 cm³/mol. The minimum absolute atomic E-state index is 0.00444. The Balaban J connectivity index is 1.50. The van der Waals surface area contributed by atoms with Gasteiger partial charge in [0, 0.05) is 0 Å². The van der Waals surface area contributed by atoms with Gasteiger partial charge in [0.2, 0.25) is 11.8 Å². The van der Waals surface area contributed by atoms with Crippen LogP contribution in [-0.4, -0.2) is 35.4 Å². The van der Waals surface area contributed by atoms with E-state index in [1.807, 2.05) is 37.4 Å². The van der Waals surface area contributed by atoms with E-state index in [1.165, 1.54) is 9.60 Å². The molecular formula is C19H22N3O2S+. The highest BCUT2D eigenvalue weighted by Crippen LogP contribution is 2.34. The number of imide groups is 1. The Morgan fingerprint density at radius 3 is 2.48 bits per heavy atom. The average Bonchev–Trinajstić information content (AvgIpc) is 3.17. The van der Waals surface area contributed by atoms with Crippen LogP contribution in [0.3, 0.4) is 0 Å². The number of benzene rings is 1. The molecule has 2 heterocycles. The van der Waals surface area contributed by atoms with Crippen LogP contribution in [0.5, 0.6) is 0 Å². The van der Waals surface area contributed by atoms with Gasteiger partial charge < -0.3 is 4.90 Å². The van der Waals surface area contributed by atoms with Crippen LogP contribution in [0.2, 0.25) is 0 Å². The lowest BCUT2D eigenvalue weighted by atomic mass is 9.85. The third kappa shape index (κ3) is 2.79. The molecular weight excluding hydrogens is 334 g/mol. The summed E-state index contributed by atoms with van der Waals surface area (Å²) in [5.41, 5.74) is 1.01. The smallest absolute Gasteiger partial charge is 0.237 e. The van der Waals surface area contributed by atoms with Gasteiger partial charge >= 0.3 is 0 Å². The van der Waals surface area contributed by atoms with Crippen LogP contribution < -0.4 is 4.90 Å². The molecule has 25 heavy (non-hydrogen) atoms. The highest BCUT2D eigenvalue weighted by Gasteiger charge is 2.48. The molecule has 2 aromatic rings. The Morgan fingerprint density at radius 2 is 1.84 bits per heavy atom. The van der Waals surface area contributed by atoms with Crippen LogP contribution in [0.1, 0.15) is 30.8 Å². The number of rotatable bonds is 4. The lowest BCUT2D eigenvalue weighted by Gasteiger charge is -2.24. The van der Waals surface area contributed by atoms with E-state index in [0.717, 1.165) is 15.4 Å². The van der Waals surface area contributed by atoms with Crippen molar-refractivity contribution in [3.63, 3.8) is 0 Å². The van der Waals surface area contributed by atoms with E-state index in [0.29, 0.717) is 19.5 Å². The van der Waals surface area contributed by atoms with E-state index in [1.54, 1.807) is 11.3 Å². The number of likely N-dealkylation sites (tertiary alicyclic amines) is 1. The summed E-state index contributed by atoms with van der Waals surface area (Å²) >= 11 is 1.68. The van der Waals surface area contributed by atoms with E-state index in [2.05, 4.69) is 13.0 Å². The fourth-order valence-electron chi connectivity index (χ4n) is 3.70. The fraction of sp³-hybridized carbons (Fsp3) is 0.421. The van der Waals surface area contributed by atoms with E-state index in [-0.39, 0.29) is 29.7 Å². The number of aromatic nitrogens is 1. The van der Waals surface area contributed by atoms with Crippen molar-refractivity contribution in [3.05, 3.63) is 41.4 Å². The molecule has 4 atom stereocenters. The van der Waals surface area contributed by atoms with Gasteiger partial charge in [0.25, 0.3) is 0 Å². The van der Waals surface area contributed by atoms with Gasteiger partial charge in [-0.05, 0) is 31.9 Å². The molecule has 1 saturated heterocycles. The summed E-state index contributed by atoms with van der Waals surface area (Å²) in [5.74, 6) is -0.309. The minimum Gasteiger partial charge on any atom is -0.312 e. The zero-order chi connectivity index (χ0) is 17.6. The third-order valence-electron chi connectivity index (χ3n) is 5.43. The Kier molecular flexibility index (Phi) is 4.17. The van der Waals surface area contributed by atoms with Crippen molar-refractivity contribution in [1.82, 2.24) is 9.88 Å². The van der Waals surface area contributed by atoms with Crippen molar-refractivity contribution in [2.24, 2.45) is 11.8 Å². The molecule has 5 nitrogen and oxygen atoms in total. The van der Waals surface area contributed by atoms with Crippen LogP contribution in [0.25, 0.3) is 10.2 Å². The normalized spacial score (nSPS) is 25.4. The summed E-state index contributed by atoms with van der Waals surface area (Å²) in [7, 11) is 2.03. The molecule has 0 radical (unpaired) electrons. The summed E-state index contributed by atoms with van der Waals surface area (Å²) in [6.45, 7) is 2.51. The van der Waals surface area contributed by atoms with Crippen molar-refractivity contribution >= 4 is 33.4 Å². The maximum Gasteiger partial charge on any atom is 0.237 e. The molecule has 1 unspecified atom stereocenters. The summed E-state index contributed by atoms with van der Waals surface area (Å²) in [6, 6.07) is 8.22. The number of hydrogen-bond acceptors (Lipinski definition) is 4. The molecule has 1 aliphatic heterocycles. The molecule has 1 aromatic heterocycles. The second-order valence-corrected chi connectivity index (χ2v) is 8.07. The van der Waals surface area contributed by atoms with Gasteiger partial charge in [0.1, 0.15) is 6.04 Å². The number of nitrogens with zero attached hydrogens (tertiary/aromatic N) is 2. The molecule has 0 saturated carbocycles. The second kappa shape index (κ2) is 6.35. The molecule has 1 aliphatic carbocycles. The van der Waals surface area contributed by atoms with Gasteiger partial charge in [-0.2, -0.15) is 0 Å². The Hall–Kier alpha value is -2.05. The first-order valence-electron chi connectivity index (χ1n) is 8.74. The zero-order valence-electron chi connectivity index (χ0n) is 14.4. The van der Waals surface area contributed by atoms with Crippen molar-refractivity contribution < 1.29 is 14.5 Å². The lowest BCUT2D eigenvalue weighted by molar-refractivity contribution is -0.917. The van der Waals surface area contributed by atoms with E-state index >= 15 is 0 Å². The summed E-state index contributed by atoms with van der Waals surface area (Å²) < 4.78 is 1.17. The van der Waals surface area contributed by atoms with Crippen LogP contribution in [0, 0.1) is 11.8 Å². The number of allylic oxidation sites excluding steroid dienone is 2. The molecule has 2 aliphatic rings. The highest BCUT2D eigenvalue weighted by atomic mass is 32.1. The molecule has 1 aromatic carbocycles. The van der Waals surface area contributed by atoms with E-state index in [4.69, 9.17) is 4.98 Å². The Morgan fingerprint density at radius 1 is 1.20 bits per heavy atom. The topological polar surface area (TPSA) is 54.7 Å². The number of nitrogens with one attached hydrogen (secondary N) is 1. The predicted octanol–water partition coefficient (Wildman–Crippen LogP) is 1.78. The largest absolute Gasteiger partial charge is 0.312 e. The first-order chi connectivity index (χ1) is 12.1. The molecule has 0 spiro atoms. The number of fused-ring (bicyclic) bond motifs is 2. The van der Waals surface area contributed by atoms with Crippen LogP contribution in [0.15, 0.2) is 36.4 Å². The first-order valence-corrected chi connectivity index (χ1v) is 9.56.